The lowest BCUT2D eigenvalue weighted by atomic mass is 10.1. The molecule has 7 heteroatoms. The molecule has 28 heavy (non-hydrogen) atoms. The van der Waals surface area contributed by atoms with Crippen molar-refractivity contribution in [1.82, 2.24) is 15.5 Å². The van der Waals surface area contributed by atoms with Crippen LogP contribution < -0.4 is 15.5 Å². The highest BCUT2D eigenvalue weighted by Gasteiger charge is 2.18. The number of benzene rings is 1. The van der Waals surface area contributed by atoms with Crippen molar-refractivity contribution in [2.45, 2.75) is 26.4 Å². The van der Waals surface area contributed by atoms with Gasteiger partial charge in [0.15, 0.2) is 5.96 Å². The van der Waals surface area contributed by atoms with E-state index >= 15 is 0 Å². The summed E-state index contributed by atoms with van der Waals surface area (Å²) < 4.78 is 14.7. The number of likely N-dealkylation sites (N-methyl/N-ethyl adjacent to an activating group) is 1. The SMILES string of the molecule is CCN1CCN(c2ccc(CNC(=NC)NC(C)c3cccs3)cc2F)CC1. The number of hydrogen-bond donors (Lipinski definition) is 2. The lowest BCUT2D eigenvalue weighted by Gasteiger charge is -2.35. The zero-order valence-electron chi connectivity index (χ0n) is 16.9. The van der Waals surface area contributed by atoms with E-state index in [0.717, 1.165) is 38.3 Å². The Kier molecular flexibility index (Phi) is 7.28. The number of aliphatic imine (C=N–C) groups is 1. The fourth-order valence-corrected chi connectivity index (χ4v) is 4.15. The average Bonchev–Trinajstić information content (AvgIpc) is 3.26. The normalized spacial score (nSPS) is 16.9. The van der Waals surface area contributed by atoms with E-state index in [1.165, 1.54) is 4.88 Å². The highest BCUT2D eigenvalue weighted by Crippen LogP contribution is 2.22. The molecule has 1 unspecified atom stereocenters. The fraction of sp³-hybridized carbons (Fsp3) is 0.476. The summed E-state index contributed by atoms with van der Waals surface area (Å²) in [5, 5.41) is 8.71. The Morgan fingerprint density at radius 2 is 2.04 bits per heavy atom. The number of nitrogens with zero attached hydrogens (tertiary/aromatic N) is 3. The van der Waals surface area contributed by atoms with Crippen LogP contribution in [0, 0.1) is 5.82 Å². The molecular weight excluding hydrogens is 373 g/mol. The summed E-state index contributed by atoms with van der Waals surface area (Å²) in [6.07, 6.45) is 0. The first kappa shape index (κ1) is 20.6. The van der Waals surface area contributed by atoms with Gasteiger partial charge >= 0.3 is 0 Å². The summed E-state index contributed by atoms with van der Waals surface area (Å²) in [6, 6.07) is 9.84. The van der Waals surface area contributed by atoms with Gasteiger partial charge in [-0.2, -0.15) is 0 Å². The molecule has 0 amide bonds. The molecule has 2 heterocycles. The fourth-order valence-electron chi connectivity index (χ4n) is 3.42. The third-order valence-electron chi connectivity index (χ3n) is 5.18. The molecule has 1 aromatic carbocycles. The van der Waals surface area contributed by atoms with Crippen LogP contribution in [0.3, 0.4) is 0 Å². The van der Waals surface area contributed by atoms with Crippen molar-refractivity contribution in [2.24, 2.45) is 4.99 Å². The first-order valence-electron chi connectivity index (χ1n) is 9.87. The molecule has 1 aliphatic rings. The first-order chi connectivity index (χ1) is 13.6. The monoisotopic (exact) mass is 403 g/mol. The largest absolute Gasteiger partial charge is 0.367 e. The van der Waals surface area contributed by atoms with E-state index in [2.05, 4.69) is 50.7 Å². The third kappa shape index (κ3) is 5.23. The zero-order valence-corrected chi connectivity index (χ0v) is 17.7. The van der Waals surface area contributed by atoms with Crippen molar-refractivity contribution in [2.75, 3.05) is 44.7 Å². The van der Waals surface area contributed by atoms with Gasteiger partial charge in [0, 0.05) is 44.6 Å². The van der Waals surface area contributed by atoms with E-state index in [0.29, 0.717) is 18.2 Å². The van der Waals surface area contributed by atoms with Gasteiger partial charge in [-0.25, -0.2) is 4.39 Å². The summed E-state index contributed by atoms with van der Waals surface area (Å²) in [5.74, 6) is 0.556. The third-order valence-corrected chi connectivity index (χ3v) is 6.23. The molecule has 152 valence electrons. The number of thiophene rings is 1. The molecule has 0 bridgehead atoms. The van der Waals surface area contributed by atoms with Crippen LogP contribution in [0.25, 0.3) is 0 Å². The minimum atomic E-state index is -0.154. The lowest BCUT2D eigenvalue weighted by Crippen LogP contribution is -2.46. The van der Waals surface area contributed by atoms with Gasteiger partial charge in [-0.3, -0.25) is 4.99 Å². The molecule has 1 aliphatic heterocycles. The van der Waals surface area contributed by atoms with Gasteiger partial charge in [-0.1, -0.05) is 19.1 Å². The molecule has 0 aliphatic carbocycles. The summed E-state index contributed by atoms with van der Waals surface area (Å²) >= 11 is 1.71. The Balaban J connectivity index is 1.55. The number of rotatable bonds is 6. The molecular formula is C21H30FN5S. The Morgan fingerprint density at radius 1 is 1.25 bits per heavy atom. The van der Waals surface area contributed by atoms with Crippen LogP contribution >= 0.6 is 11.3 Å². The molecule has 0 radical (unpaired) electrons. The van der Waals surface area contributed by atoms with Crippen LogP contribution in [0.1, 0.15) is 30.3 Å². The molecule has 0 saturated carbocycles. The number of nitrogens with one attached hydrogen (secondary N) is 2. The van der Waals surface area contributed by atoms with Gasteiger partial charge in [-0.05, 0) is 42.6 Å². The van der Waals surface area contributed by atoms with Crippen molar-refractivity contribution < 1.29 is 4.39 Å². The maximum Gasteiger partial charge on any atom is 0.191 e. The minimum Gasteiger partial charge on any atom is -0.367 e. The number of guanidine groups is 1. The second kappa shape index (κ2) is 9.89. The van der Waals surface area contributed by atoms with E-state index in [1.54, 1.807) is 24.5 Å². The van der Waals surface area contributed by atoms with Crippen molar-refractivity contribution >= 4 is 23.0 Å². The summed E-state index contributed by atoms with van der Waals surface area (Å²) in [7, 11) is 1.75. The smallest absolute Gasteiger partial charge is 0.191 e. The number of piperazine rings is 1. The van der Waals surface area contributed by atoms with E-state index < -0.39 is 0 Å². The Labute approximate surface area is 171 Å². The average molecular weight is 404 g/mol. The van der Waals surface area contributed by atoms with E-state index in [1.807, 2.05) is 18.2 Å². The van der Waals surface area contributed by atoms with Crippen LogP contribution in [0.2, 0.25) is 0 Å². The lowest BCUT2D eigenvalue weighted by molar-refractivity contribution is 0.270. The highest BCUT2D eigenvalue weighted by atomic mass is 32.1. The van der Waals surface area contributed by atoms with Gasteiger partial charge in [-0.15, -0.1) is 11.3 Å². The van der Waals surface area contributed by atoms with Crippen molar-refractivity contribution in [1.29, 1.82) is 0 Å². The standard InChI is InChI=1S/C21H30FN5S/c1-4-26-9-11-27(12-10-26)19-8-7-17(14-18(19)22)15-24-21(23-3)25-16(2)20-6-5-13-28-20/h5-8,13-14,16H,4,9-12,15H2,1-3H3,(H2,23,24,25). The molecule has 5 nitrogen and oxygen atoms in total. The Morgan fingerprint density at radius 3 is 2.64 bits per heavy atom. The van der Waals surface area contributed by atoms with Gasteiger partial charge in [0.2, 0.25) is 0 Å². The van der Waals surface area contributed by atoms with E-state index in [4.69, 9.17) is 0 Å². The van der Waals surface area contributed by atoms with Gasteiger partial charge in [0.05, 0.1) is 11.7 Å². The number of anilines is 1. The molecule has 1 saturated heterocycles. The summed E-state index contributed by atoms with van der Waals surface area (Å²) in [4.78, 5) is 10.1. The molecule has 2 N–H and O–H groups in total. The molecule has 0 spiro atoms. The van der Waals surface area contributed by atoms with Crippen LogP contribution in [0.5, 0.6) is 0 Å². The predicted molar refractivity (Wildman–Crippen MR) is 117 cm³/mol. The Bertz CT molecular complexity index is 769. The minimum absolute atomic E-state index is 0.154. The zero-order chi connectivity index (χ0) is 19.9. The quantitative estimate of drug-likeness (QED) is 0.573. The van der Waals surface area contributed by atoms with Crippen LogP contribution in [-0.4, -0.2) is 50.6 Å². The van der Waals surface area contributed by atoms with Crippen LogP contribution in [0.4, 0.5) is 10.1 Å². The van der Waals surface area contributed by atoms with Crippen molar-refractivity contribution in [3.8, 4) is 0 Å². The molecule has 1 fully saturated rings. The Hall–Kier alpha value is -2.12. The van der Waals surface area contributed by atoms with Crippen molar-refractivity contribution in [3.63, 3.8) is 0 Å². The first-order valence-corrected chi connectivity index (χ1v) is 10.7. The molecule has 1 atom stereocenters. The summed E-state index contributed by atoms with van der Waals surface area (Å²) in [5.41, 5.74) is 1.61. The number of halogens is 1. The topological polar surface area (TPSA) is 42.9 Å². The van der Waals surface area contributed by atoms with Gasteiger partial charge < -0.3 is 20.4 Å². The van der Waals surface area contributed by atoms with Crippen LogP contribution in [0.15, 0.2) is 40.7 Å². The number of hydrogen-bond acceptors (Lipinski definition) is 4. The molecule has 2 aromatic rings. The maximum absolute atomic E-state index is 14.7. The van der Waals surface area contributed by atoms with E-state index in [9.17, 15) is 4.39 Å². The molecule has 3 rings (SSSR count). The second-order valence-electron chi connectivity index (χ2n) is 7.01. The summed E-state index contributed by atoms with van der Waals surface area (Å²) in [6.45, 7) is 9.58. The maximum atomic E-state index is 14.7. The predicted octanol–water partition coefficient (Wildman–Crippen LogP) is 3.46. The van der Waals surface area contributed by atoms with Gasteiger partial charge in [0.1, 0.15) is 5.82 Å². The van der Waals surface area contributed by atoms with Crippen LogP contribution in [-0.2, 0) is 6.54 Å². The highest BCUT2D eigenvalue weighted by molar-refractivity contribution is 7.10. The molecule has 1 aromatic heterocycles. The van der Waals surface area contributed by atoms with Gasteiger partial charge in [0.25, 0.3) is 0 Å². The van der Waals surface area contributed by atoms with Crippen molar-refractivity contribution in [3.05, 3.63) is 52.0 Å². The van der Waals surface area contributed by atoms with E-state index in [-0.39, 0.29) is 11.9 Å². The second-order valence-corrected chi connectivity index (χ2v) is 7.99.